The third-order valence-electron chi connectivity index (χ3n) is 7.20. The molecule has 1 aliphatic heterocycles. The van der Waals surface area contributed by atoms with E-state index in [1.54, 1.807) is 36.4 Å². The van der Waals surface area contributed by atoms with Crippen molar-refractivity contribution in [2.75, 3.05) is 43.4 Å². The molecule has 1 saturated heterocycles. The Hall–Kier alpha value is -4.42. The van der Waals surface area contributed by atoms with Gasteiger partial charge in [0, 0.05) is 49.5 Å². The van der Waals surface area contributed by atoms with Gasteiger partial charge in [0.05, 0.1) is 11.1 Å². The Bertz CT molecular complexity index is 1580. The second kappa shape index (κ2) is 11.6. The van der Waals surface area contributed by atoms with E-state index in [2.05, 4.69) is 32.7 Å². The molecule has 0 aliphatic carbocycles. The van der Waals surface area contributed by atoms with Crippen molar-refractivity contribution < 1.29 is 27.9 Å². The lowest BCUT2D eigenvalue weighted by Crippen LogP contribution is -2.45. The molecule has 1 aromatic heterocycles. The molecule has 0 bridgehead atoms. The second-order valence-corrected chi connectivity index (χ2v) is 9.88. The molecule has 1 aliphatic rings. The molecule has 0 unspecified atom stereocenters. The fourth-order valence-electron chi connectivity index (χ4n) is 4.99. The van der Waals surface area contributed by atoms with Gasteiger partial charge in [-0.1, -0.05) is 31.2 Å². The van der Waals surface area contributed by atoms with Crippen LogP contribution in [0.15, 0.2) is 60.7 Å². The van der Waals surface area contributed by atoms with E-state index in [4.69, 9.17) is 0 Å². The fourth-order valence-corrected chi connectivity index (χ4v) is 4.99. The lowest BCUT2D eigenvalue weighted by atomic mass is 10.0. The fraction of sp³-hybridized carbons (Fsp3) is 0.276. The Morgan fingerprint density at radius 3 is 2.29 bits per heavy atom. The van der Waals surface area contributed by atoms with E-state index in [-0.39, 0.29) is 23.5 Å². The minimum Gasteiger partial charge on any atom is -0.476 e. The average Bonchev–Trinajstić information content (AvgIpc) is 3.38. The molecular formula is C29H29F3N6O3. The molecule has 4 N–H and O–H groups in total. The van der Waals surface area contributed by atoms with Crippen LogP contribution < -0.4 is 10.6 Å². The first-order valence-corrected chi connectivity index (χ1v) is 13.2. The summed E-state index contributed by atoms with van der Waals surface area (Å²) >= 11 is 0. The maximum Gasteiger partial charge on any atom is 0.416 e. The van der Waals surface area contributed by atoms with Crippen molar-refractivity contribution in [2.24, 2.45) is 0 Å². The topological polar surface area (TPSA) is 114 Å². The van der Waals surface area contributed by atoms with E-state index in [0.717, 1.165) is 36.8 Å². The maximum absolute atomic E-state index is 13.9. The van der Waals surface area contributed by atoms with Gasteiger partial charge >= 0.3 is 18.2 Å². The Kier molecular flexibility index (Phi) is 7.95. The number of nitrogens with zero attached hydrogens (tertiary/aromatic N) is 3. The molecule has 214 valence electrons. The lowest BCUT2D eigenvalue weighted by Gasteiger charge is -2.34. The molecular weight excluding hydrogens is 537 g/mol. The molecule has 1 fully saturated rings. The standard InChI is InChI=1S/C29H29F3N6O3/c1-2-37-10-12-38(13-11-37)17-20-6-8-22(16-24(20)29(30,31)32)34-28(41)33-21-5-3-4-18(14-21)19-7-9-23-25(15-19)35-36-26(23)27(39)40/h3-9,14-16H,2,10-13,17H2,1H3,(H,35,36)(H,39,40)(H2,33,34,41). The van der Waals surface area contributed by atoms with E-state index in [1.165, 1.54) is 12.1 Å². The van der Waals surface area contributed by atoms with Gasteiger partial charge in [-0.25, -0.2) is 9.59 Å². The van der Waals surface area contributed by atoms with Gasteiger partial charge in [-0.2, -0.15) is 18.3 Å². The highest BCUT2D eigenvalue weighted by Gasteiger charge is 2.34. The number of aromatic nitrogens is 2. The number of anilines is 2. The quantitative estimate of drug-likeness (QED) is 0.227. The number of rotatable bonds is 7. The molecule has 5 rings (SSSR count). The number of hydrogen-bond acceptors (Lipinski definition) is 5. The summed E-state index contributed by atoms with van der Waals surface area (Å²) in [5, 5.41) is 21.4. The van der Waals surface area contributed by atoms with Crippen LogP contribution in [0, 0.1) is 0 Å². The summed E-state index contributed by atoms with van der Waals surface area (Å²) in [7, 11) is 0. The second-order valence-electron chi connectivity index (χ2n) is 9.88. The molecule has 2 heterocycles. The predicted octanol–water partition coefficient (Wildman–Crippen LogP) is 5.73. The maximum atomic E-state index is 13.9. The van der Waals surface area contributed by atoms with Gasteiger partial charge in [-0.3, -0.25) is 10.00 Å². The zero-order valence-electron chi connectivity index (χ0n) is 22.3. The van der Waals surface area contributed by atoms with Crippen molar-refractivity contribution >= 4 is 34.3 Å². The number of amides is 2. The first-order valence-electron chi connectivity index (χ1n) is 13.2. The minimum absolute atomic E-state index is 0.0319. The van der Waals surface area contributed by atoms with Crippen LogP contribution in [-0.2, 0) is 12.7 Å². The molecule has 4 aromatic rings. The molecule has 9 nitrogen and oxygen atoms in total. The third-order valence-corrected chi connectivity index (χ3v) is 7.20. The summed E-state index contributed by atoms with van der Waals surface area (Å²) in [5.74, 6) is -1.14. The zero-order chi connectivity index (χ0) is 29.1. The number of likely N-dealkylation sites (N-methyl/N-ethyl adjacent to an activating group) is 1. The van der Waals surface area contributed by atoms with E-state index in [9.17, 15) is 27.9 Å². The zero-order valence-corrected chi connectivity index (χ0v) is 22.3. The normalized spacial score (nSPS) is 14.7. The highest BCUT2D eigenvalue weighted by Crippen LogP contribution is 2.35. The van der Waals surface area contributed by atoms with Crippen LogP contribution in [0.4, 0.5) is 29.3 Å². The Labute approximate surface area is 234 Å². The van der Waals surface area contributed by atoms with Crippen molar-refractivity contribution in [3.05, 3.63) is 77.5 Å². The number of hydrogen-bond donors (Lipinski definition) is 4. The number of benzene rings is 3. The van der Waals surface area contributed by atoms with Crippen LogP contribution >= 0.6 is 0 Å². The van der Waals surface area contributed by atoms with Gasteiger partial charge in [0.2, 0.25) is 0 Å². The summed E-state index contributed by atoms with van der Waals surface area (Å²) in [6.45, 7) is 6.22. The molecule has 0 spiro atoms. The number of carboxylic acids is 1. The van der Waals surface area contributed by atoms with Crippen LogP contribution in [0.25, 0.3) is 22.0 Å². The lowest BCUT2D eigenvalue weighted by molar-refractivity contribution is -0.138. The number of nitrogens with one attached hydrogen (secondary N) is 3. The van der Waals surface area contributed by atoms with Gasteiger partial charge < -0.3 is 20.6 Å². The van der Waals surface area contributed by atoms with E-state index < -0.39 is 23.7 Å². The summed E-state index contributed by atoms with van der Waals surface area (Å²) in [6.07, 6.45) is -4.57. The summed E-state index contributed by atoms with van der Waals surface area (Å²) < 4.78 is 41.8. The highest BCUT2D eigenvalue weighted by atomic mass is 19.4. The number of carbonyl (C=O) groups excluding carboxylic acids is 1. The smallest absolute Gasteiger partial charge is 0.416 e. The molecule has 0 saturated carbocycles. The van der Waals surface area contributed by atoms with Crippen LogP contribution in [0.3, 0.4) is 0 Å². The number of aromatic carboxylic acids is 1. The van der Waals surface area contributed by atoms with Gasteiger partial charge in [-0.05, 0) is 59.6 Å². The monoisotopic (exact) mass is 566 g/mol. The molecule has 3 aromatic carbocycles. The van der Waals surface area contributed by atoms with E-state index in [1.807, 2.05) is 11.0 Å². The van der Waals surface area contributed by atoms with Crippen LogP contribution in [0.5, 0.6) is 0 Å². The molecule has 2 amide bonds. The largest absolute Gasteiger partial charge is 0.476 e. The third kappa shape index (κ3) is 6.50. The molecule has 0 radical (unpaired) electrons. The first kappa shape index (κ1) is 28.1. The minimum atomic E-state index is -4.57. The van der Waals surface area contributed by atoms with Crippen molar-refractivity contribution in [1.29, 1.82) is 0 Å². The number of piperazine rings is 1. The van der Waals surface area contributed by atoms with Crippen molar-refractivity contribution in [2.45, 2.75) is 19.6 Å². The average molecular weight is 567 g/mol. The predicted molar refractivity (Wildman–Crippen MR) is 150 cm³/mol. The van der Waals surface area contributed by atoms with Gasteiger partial charge in [-0.15, -0.1) is 0 Å². The summed E-state index contributed by atoms with van der Waals surface area (Å²) in [4.78, 5) is 28.3. The van der Waals surface area contributed by atoms with Crippen LogP contribution in [0.1, 0.15) is 28.5 Å². The number of urea groups is 1. The number of alkyl halides is 3. The molecule has 0 atom stereocenters. The van der Waals surface area contributed by atoms with Crippen LogP contribution in [-0.4, -0.2) is 69.8 Å². The number of halogens is 3. The summed E-state index contributed by atoms with van der Waals surface area (Å²) in [6, 6.07) is 15.2. The van der Waals surface area contributed by atoms with Crippen molar-refractivity contribution in [3.8, 4) is 11.1 Å². The van der Waals surface area contributed by atoms with Gasteiger partial charge in [0.25, 0.3) is 0 Å². The number of carboxylic acid groups (broad SMARTS) is 1. The Balaban J connectivity index is 1.28. The Morgan fingerprint density at radius 2 is 1.61 bits per heavy atom. The van der Waals surface area contributed by atoms with Crippen molar-refractivity contribution in [3.63, 3.8) is 0 Å². The number of fused-ring (bicyclic) bond motifs is 1. The molecule has 12 heteroatoms. The highest BCUT2D eigenvalue weighted by molar-refractivity contribution is 6.02. The first-order chi connectivity index (χ1) is 19.6. The number of H-pyrrole nitrogens is 1. The van der Waals surface area contributed by atoms with E-state index >= 15 is 0 Å². The number of carbonyl (C=O) groups is 2. The van der Waals surface area contributed by atoms with E-state index in [0.29, 0.717) is 29.7 Å². The Morgan fingerprint density at radius 1 is 0.927 bits per heavy atom. The van der Waals surface area contributed by atoms with Crippen LogP contribution in [0.2, 0.25) is 0 Å². The molecule has 41 heavy (non-hydrogen) atoms. The SMILES string of the molecule is CCN1CCN(Cc2ccc(NC(=O)Nc3cccc(-c4ccc5c(C(=O)O)n[nH]c5c4)c3)cc2C(F)(F)F)CC1. The van der Waals surface area contributed by atoms with Crippen molar-refractivity contribution in [1.82, 2.24) is 20.0 Å². The number of aromatic amines is 1. The summed E-state index contributed by atoms with van der Waals surface area (Å²) in [5.41, 5.74) is 1.82. The van der Waals surface area contributed by atoms with Gasteiger partial charge in [0.1, 0.15) is 0 Å². The van der Waals surface area contributed by atoms with Gasteiger partial charge in [0.15, 0.2) is 5.69 Å².